The minimum atomic E-state index is -0.463. The van der Waals surface area contributed by atoms with E-state index in [-0.39, 0.29) is 6.10 Å². The van der Waals surface area contributed by atoms with Gasteiger partial charge in [0, 0.05) is 31.2 Å². The molecule has 122 valence electrons. The summed E-state index contributed by atoms with van der Waals surface area (Å²) in [6.45, 7) is 6.71. The van der Waals surface area contributed by atoms with Gasteiger partial charge in [0.2, 0.25) is 0 Å². The van der Waals surface area contributed by atoms with Crippen LogP contribution in [-0.2, 0) is 11.3 Å². The molecular formula is C16H21N5O2. The molecule has 0 bridgehead atoms. The molecule has 1 aliphatic heterocycles. The van der Waals surface area contributed by atoms with Gasteiger partial charge in [0.05, 0.1) is 36.2 Å². The SMILES string of the molecule is Cc1cc(C)n(CC2CN(c3ccncc3C(N)=O)CCO2)n1. The molecule has 0 aromatic carbocycles. The van der Waals surface area contributed by atoms with E-state index in [1.807, 2.05) is 24.6 Å². The van der Waals surface area contributed by atoms with E-state index in [0.29, 0.717) is 25.3 Å². The van der Waals surface area contributed by atoms with E-state index in [1.165, 1.54) is 6.20 Å². The molecule has 7 nitrogen and oxygen atoms in total. The van der Waals surface area contributed by atoms with Crippen LogP contribution in [0.25, 0.3) is 0 Å². The van der Waals surface area contributed by atoms with Gasteiger partial charge in [-0.1, -0.05) is 0 Å². The number of nitrogens with zero attached hydrogens (tertiary/aromatic N) is 4. The topological polar surface area (TPSA) is 86.3 Å². The fraction of sp³-hybridized carbons (Fsp3) is 0.438. The largest absolute Gasteiger partial charge is 0.373 e. The molecule has 0 spiro atoms. The van der Waals surface area contributed by atoms with Gasteiger partial charge in [0.15, 0.2) is 0 Å². The third kappa shape index (κ3) is 3.34. The lowest BCUT2D eigenvalue weighted by atomic mass is 10.1. The number of amides is 1. The third-order valence-corrected chi connectivity index (χ3v) is 4.02. The number of nitrogens with two attached hydrogens (primary N) is 1. The lowest BCUT2D eigenvalue weighted by Crippen LogP contribution is -2.45. The van der Waals surface area contributed by atoms with E-state index in [1.54, 1.807) is 6.20 Å². The first kappa shape index (κ1) is 15.5. The predicted octanol–water partition coefficient (Wildman–Crippen LogP) is 0.899. The Bertz CT molecular complexity index is 712. The van der Waals surface area contributed by atoms with E-state index in [4.69, 9.17) is 10.5 Å². The van der Waals surface area contributed by atoms with Crippen molar-refractivity contribution in [1.29, 1.82) is 0 Å². The standard InChI is InChI=1S/C16H21N5O2/c1-11-7-12(2)21(19-11)10-13-9-20(5-6-23-13)15-3-4-18-8-14(15)16(17)22/h3-4,7-8,13H,5-6,9-10H2,1-2H3,(H2,17,22). The number of morpholine rings is 1. The van der Waals surface area contributed by atoms with Gasteiger partial charge in [0.25, 0.3) is 5.91 Å². The van der Waals surface area contributed by atoms with E-state index in [0.717, 1.165) is 23.6 Å². The van der Waals surface area contributed by atoms with Crippen molar-refractivity contribution in [2.45, 2.75) is 26.5 Å². The first-order valence-electron chi connectivity index (χ1n) is 7.66. The van der Waals surface area contributed by atoms with Crippen molar-refractivity contribution < 1.29 is 9.53 Å². The molecule has 23 heavy (non-hydrogen) atoms. The fourth-order valence-electron chi connectivity index (χ4n) is 2.95. The summed E-state index contributed by atoms with van der Waals surface area (Å²) in [6.07, 6.45) is 3.20. The molecule has 0 radical (unpaired) electrons. The Hall–Kier alpha value is -2.41. The molecule has 1 aliphatic rings. The van der Waals surface area contributed by atoms with Gasteiger partial charge in [0.1, 0.15) is 0 Å². The van der Waals surface area contributed by atoms with Crippen molar-refractivity contribution in [1.82, 2.24) is 14.8 Å². The van der Waals surface area contributed by atoms with Gasteiger partial charge in [-0.25, -0.2) is 0 Å². The molecule has 0 aliphatic carbocycles. The van der Waals surface area contributed by atoms with Crippen LogP contribution in [0.2, 0.25) is 0 Å². The average Bonchev–Trinajstić information content (AvgIpc) is 2.85. The number of carbonyl (C=O) groups is 1. The second-order valence-electron chi connectivity index (χ2n) is 5.81. The monoisotopic (exact) mass is 315 g/mol. The third-order valence-electron chi connectivity index (χ3n) is 4.02. The van der Waals surface area contributed by atoms with Gasteiger partial charge < -0.3 is 15.4 Å². The van der Waals surface area contributed by atoms with Crippen LogP contribution in [0, 0.1) is 13.8 Å². The van der Waals surface area contributed by atoms with Crippen LogP contribution in [0.5, 0.6) is 0 Å². The molecule has 3 heterocycles. The second kappa shape index (κ2) is 6.37. The van der Waals surface area contributed by atoms with Crippen LogP contribution < -0.4 is 10.6 Å². The fourth-order valence-corrected chi connectivity index (χ4v) is 2.95. The molecule has 2 aromatic heterocycles. The van der Waals surface area contributed by atoms with Gasteiger partial charge in [-0.15, -0.1) is 0 Å². The number of anilines is 1. The Morgan fingerprint density at radius 2 is 2.30 bits per heavy atom. The Kier molecular flexibility index (Phi) is 4.29. The van der Waals surface area contributed by atoms with Gasteiger partial charge >= 0.3 is 0 Å². The maximum Gasteiger partial charge on any atom is 0.252 e. The highest BCUT2D eigenvalue weighted by Crippen LogP contribution is 2.22. The summed E-state index contributed by atoms with van der Waals surface area (Å²) in [5, 5.41) is 4.48. The summed E-state index contributed by atoms with van der Waals surface area (Å²) in [5.41, 5.74) is 8.82. The van der Waals surface area contributed by atoms with Crippen LogP contribution in [0.1, 0.15) is 21.7 Å². The van der Waals surface area contributed by atoms with Crippen molar-refractivity contribution >= 4 is 11.6 Å². The van der Waals surface area contributed by atoms with Gasteiger partial charge in [-0.2, -0.15) is 5.10 Å². The molecule has 0 saturated carbocycles. The molecule has 1 saturated heterocycles. The normalized spacial score (nSPS) is 18.2. The minimum absolute atomic E-state index is 0.00985. The number of primary amides is 1. The second-order valence-corrected chi connectivity index (χ2v) is 5.81. The molecule has 2 aromatic rings. The number of pyridine rings is 1. The first-order chi connectivity index (χ1) is 11.0. The zero-order chi connectivity index (χ0) is 16.4. The van der Waals surface area contributed by atoms with Crippen LogP contribution in [-0.4, -0.2) is 46.5 Å². The summed E-state index contributed by atoms with van der Waals surface area (Å²) in [6, 6.07) is 3.88. The highest BCUT2D eigenvalue weighted by Gasteiger charge is 2.24. The van der Waals surface area contributed by atoms with Crippen LogP contribution in [0.4, 0.5) is 5.69 Å². The molecule has 1 atom stereocenters. The van der Waals surface area contributed by atoms with Crippen molar-refractivity contribution in [2.75, 3.05) is 24.6 Å². The average molecular weight is 315 g/mol. The maximum absolute atomic E-state index is 11.6. The minimum Gasteiger partial charge on any atom is -0.373 e. The van der Waals surface area contributed by atoms with Crippen molar-refractivity contribution in [3.63, 3.8) is 0 Å². The summed E-state index contributed by atoms with van der Waals surface area (Å²) in [4.78, 5) is 17.7. The summed E-state index contributed by atoms with van der Waals surface area (Å²) < 4.78 is 7.83. The number of carbonyl (C=O) groups excluding carboxylic acids is 1. The Morgan fingerprint density at radius 1 is 1.48 bits per heavy atom. The van der Waals surface area contributed by atoms with E-state index < -0.39 is 5.91 Å². The predicted molar refractivity (Wildman–Crippen MR) is 86.4 cm³/mol. The highest BCUT2D eigenvalue weighted by atomic mass is 16.5. The van der Waals surface area contributed by atoms with Crippen LogP contribution in [0.3, 0.4) is 0 Å². The molecular weight excluding hydrogens is 294 g/mol. The van der Waals surface area contributed by atoms with E-state index >= 15 is 0 Å². The lowest BCUT2D eigenvalue weighted by molar-refractivity contribution is 0.0269. The van der Waals surface area contributed by atoms with Gasteiger partial charge in [-0.05, 0) is 26.0 Å². The highest BCUT2D eigenvalue weighted by molar-refractivity contribution is 5.98. The van der Waals surface area contributed by atoms with Crippen molar-refractivity contribution in [2.24, 2.45) is 5.73 Å². The van der Waals surface area contributed by atoms with Gasteiger partial charge in [-0.3, -0.25) is 14.5 Å². The Morgan fingerprint density at radius 3 is 3.00 bits per heavy atom. The summed E-state index contributed by atoms with van der Waals surface area (Å²) in [7, 11) is 0. The van der Waals surface area contributed by atoms with Crippen LogP contribution >= 0.6 is 0 Å². The summed E-state index contributed by atoms with van der Waals surface area (Å²) >= 11 is 0. The van der Waals surface area contributed by atoms with E-state index in [2.05, 4.69) is 21.0 Å². The first-order valence-corrected chi connectivity index (χ1v) is 7.66. The molecule has 7 heteroatoms. The lowest BCUT2D eigenvalue weighted by Gasteiger charge is -2.35. The molecule has 3 rings (SSSR count). The Balaban J connectivity index is 1.76. The molecule has 1 fully saturated rings. The number of ether oxygens (including phenoxy) is 1. The summed E-state index contributed by atoms with van der Waals surface area (Å²) in [5.74, 6) is -0.463. The number of aryl methyl sites for hydroxylation is 2. The Labute approximate surface area is 135 Å². The quantitative estimate of drug-likeness (QED) is 0.906. The number of rotatable bonds is 4. The van der Waals surface area contributed by atoms with Crippen molar-refractivity contribution in [3.8, 4) is 0 Å². The molecule has 1 unspecified atom stereocenters. The number of aromatic nitrogens is 3. The zero-order valence-corrected chi connectivity index (χ0v) is 13.4. The number of hydrogen-bond acceptors (Lipinski definition) is 5. The van der Waals surface area contributed by atoms with Crippen molar-refractivity contribution in [3.05, 3.63) is 41.5 Å². The van der Waals surface area contributed by atoms with Crippen LogP contribution in [0.15, 0.2) is 24.5 Å². The maximum atomic E-state index is 11.6. The van der Waals surface area contributed by atoms with E-state index in [9.17, 15) is 4.79 Å². The smallest absolute Gasteiger partial charge is 0.252 e. The zero-order valence-electron chi connectivity index (χ0n) is 13.4. The number of hydrogen-bond donors (Lipinski definition) is 1. The molecule has 1 amide bonds. The molecule has 2 N–H and O–H groups in total.